The largest absolute Gasteiger partial charge is 4.00 e. The third-order valence-electron chi connectivity index (χ3n) is 1.69. The van der Waals surface area contributed by atoms with Gasteiger partial charge < -0.3 is 17.2 Å². The van der Waals surface area contributed by atoms with Crippen LogP contribution in [-0.4, -0.2) is 42.5 Å². The fraction of sp³-hybridized carbons (Fsp3) is 0.750. The second-order valence-electron chi connectivity index (χ2n) is 6.22. The first-order chi connectivity index (χ1) is 11.4. The van der Waals surface area contributed by atoms with Crippen LogP contribution >= 0.6 is 0 Å². The molecule has 0 aromatic rings. The Morgan fingerprint density at radius 2 is 1.07 bits per heavy atom. The van der Waals surface area contributed by atoms with Crippen LogP contribution < -0.4 is 0 Å². The summed E-state index contributed by atoms with van der Waals surface area (Å²) < 4.78 is 72.2. The molecule has 0 aromatic heterocycles. The predicted molar refractivity (Wildman–Crippen MR) is 98.1 cm³/mol. The van der Waals surface area contributed by atoms with Gasteiger partial charge >= 0.3 is 106 Å². The van der Waals surface area contributed by atoms with Gasteiger partial charge in [0.05, 0.1) is 0 Å². The van der Waals surface area contributed by atoms with Gasteiger partial charge in [-0.2, -0.15) is 0 Å². The van der Waals surface area contributed by atoms with E-state index < -0.39 is 28.8 Å². The van der Waals surface area contributed by atoms with Crippen molar-refractivity contribution in [3.8, 4) is 0 Å². The van der Waals surface area contributed by atoms with Crippen LogP contribution in [0.3, 0.4) is 0 Å². The van der Waals surface area contributed by atoms with E-state index in [1.54, 1.807) is 0 Å². The molecule has 0 fully saturated rings. The first-order valence-corrected chi connectivity index (χ1v) is 11.6. The first kappa shape index (κ1) is 34.8. The number of hydrogen-bond donors (Lipinski definition) is 0. The van der Waals surface area contributed by atoms with Crippen LogP contribution in [0.15, 0.2) is 16.6 Å². The average molecular weight is 541 g/mol. The zero-order chi connectivity index (χ0) is 21.7. The van der Waals surface area contributed by atoms with Crippen molar-refractivity contribution in [2.24, 2.45) is 0 Å². The maximum atomic E-state index is 12.1. The molecule has 0 radical (unpaired) electrons. The Hall–Kier alpha value is 0.366. The average Bonchev–Trinajstić information content (AvgIpc) is 2.74. The van der Waals surface area contributed by atoms with Gasteiger partial charge in [-0.15, -0.1) is 18.1 Å². The van der Waals surface area contributed by atoms with Crippen molar-refractivity contribution in [2.75, 3.05) is 0 Å². The molecule has 0 amide bonds. The smallest absolute Gasteiger partial charge is 4.00 e. The van der Waals surface area contributed by atoms with E-state index in [0.29, 0.717) is 0 Å². The molecule has 158 valence electrons. The molecular weight excluding hydrogens is 512 g/mol. The Labute approximate surface area is 182 Å². The number of rotatable bonds is 1. The molecule has 0 atom stereocenters. The predicted octanol–water partition coefficient (Wildman–Crippen LogP) is 6.98. The molecule has 0 bridgehead atoms. The number of hydrogen-bond acceptors (Lipinski definition) is 0. The molecule has 3 nitrogen and oxygen atoms in total. The maximum Gasteiger partial charge on any atom is 4.00 e. The minimum absolute atomic E-state index is 0. The third kappa shape index (κ3) is 28.7. The van der Waals surface area contributed by atoms with Crippen molar-refractivity contribution in [2.45, 2.75) is 76.1 Å². The fourth-order valence-corrected chi connectivity index (χ4v) is 4.78. The molecule has 0 aliphatic heterocycles. The zero-order valence-corrected chi connectivity index (χ0v) is 21.3. The summed E-state index contributed by atoms with van der Waals surface area (Å²) in [5.74, 6) is 0. The van der Waals surface area contributed by atoms with Crippen molar-refractivity contribution >= 4 is 14.3 Å². The van der Waals surface area contributed by atoms with E-state index in [0.717, 1.165) is 6.08 Å². The Kier molecular flexibility index (Phi) is 22.3. The normalized spacial score (nSPS) is 13.2. The Morgan fingerprint density at radius 1 is 0.815 bits per heavy atom. The second kappa shape index (κ2) is 17.2. The summed E-state index contributed by atoms with van der Waals surface area (Å²) in [5, 5.41) is -10.2. The summed E-state index contributed by atoms with van der Waals surface area (Å²) in [6, 6.07) is 0.250. The SMILES string of the molecule is CC(C)[NH-].CC(C)[NH-].CC(C)[NH-].F[C](F)(F)[GeH]([C]1=[C-]CC=C1)[C](F)(F)F.[Zr+4]. The van der Waals surface area contributed by atoms with Gasteiger partial charge in [-0.05, 0) is 0 Å². The van der Waals surface area contributed by atoms with Gasteiger partial charge in [0, 0.05) is 0 Å². The van der Waals surface area contributed by atoms with Gasteiger partial charge in [0.1, 0.15) is 0 Å². The van der Waals surface area contributed by atoms with Gasteiger partial charge in [0.15, 0.2) is 0 Å². The third-order valence-corrected chi connectivity index (χ3v) is 6.57. The standard InChI is InChI=1S/C7H5F6Ge.3C3H8N.Zr/c8-6(9,10)14(7(11,12)13)5-3-1-2-4-5;3*1-3(2)4;/h1,3,14H,2H2;3*3-4H,1-2H3;/q4*-1;+4. The van der Waals surface area contributed by atoms with Crippen molar-refractivity contribution in [3.05, 3.63) is 39.8 Å². The van der Waals surface area contributed by atoms with E-state index in [-0.39, 0.29) is 50.7 Å². The summed E-state index contributed by atoms with van der Waals surface area (Å²) in [7, 11) is 0. The maximum absolute atomic E-state index is 12.1. The number of nitrogens with one attached hydrogen (secondary N) is 3. The van der Waals surface area contributed by atoms with E-state index in [4.69, 9.17) is 17.2 Å². The summed E-state index contributed by atoms with van der Waals surface area (Å²) in [4.78, 5) is 0. The molecule has 27 heavy (non-hydrogen) atoms. The van der Waals surface area contributed by atoms with Crippen molar-refractivity contribution in [1.82, 2.24) is 0 Å². The van der Waals surface area contributed by atoms with Gasteiger partial charge in [-0.1, -0.05) is 41.5 Å². The Morgan fingerprint density at radius 3 is 1.22 bits per heavy atom. The Bertz CT molecular complexity index is 371. The van der Waals surface area contributed by atoms with Crippen LogP contribution in [0.4, 0.5) is 26.3 Å². The van der Waals surface area contributed by atoms with E-state index >= 15 is 0 Å². The summed E-state index contributed by atoms with van der Waals surface area (Å²) >= 11 is -5.48. The molecule has 1 rings (SSSR count). The molecular formula is C16H29F6GeN3Zr. The van der Waals surface area contributed by atoms with Crippen LogP contribution in [0.5, 0.6) is 0 Å². The summed E-state index contributed by atoms with van der Waals surface area (Å²) in [5.41, 5.74) is 19.8. The molecule has 0 aromatic carbocycles. The number of allylic oxidation sites excluding steroid dienone is 4. The number of halogens is 6. The summed E-state index contributed by atoms with van der Waals surface area (Å²) in [6.45, 7) is 11.0. The first-order valence-electron chi connectivity index (χ1n) is 7.96. The molecule has 1 aliphatic carbocycles. The number of alkyl halides is 6. The Balaban J connectivity index is -0.000000169. The van der Waals surface area contributed by atoms with Gasteiger partial charge in [0.25, 0.3) is 0 Å². The molecule has 0 unspecified atom stereocenters. The van der Waals surface area contributed by atoms with Gasteiger partial charge in [-0.3, -0.25) is 0 Å². The minimum Gasteiger partial charge on any atom is 4.00 e. The van der Waals surface area contributed by atoms with E-state index in [1.807, 2.05) is 41.5 Å². The van der Waals surface area contributed by atoms with Crippen LogP contribution in [0, 0.1) is 6.08 Å². The van der Waals surface area contributed by atoms with Gasteiger partial charge in [0.2, 0.25) is 0 Å². The van der Waals surface area contributed by atoms with Crippen molar-refractivity contribution < 1.29 is 52.5 Å². The van der Waals surface area contributed by atoms with E-state index in [1.165, 1.54) is 6.08 Å². The van der Waals surface area contributed by atoms with Crippen LogP contribution in [0.25, 0.3) is 17.2 Å². The van der Waals surface area contributed by atoms with Gasteiger partial charge in [-0.25, -0.2) is 0 Å². The summed E-state index contributed by atoms with van der Waals surface area (Å²) in [6.07, 6.45) is 4.31. The topological polar surface area (TPSA) is 71.4 Å². The zero-order valence-electron chi connectivity index (χ0n) is 16.4. The monoisotopic (exact) mass is 541 g/mol. The van der Waals surface area contributed by atoms with E-state index in [9.17, 15) is 26.3 Å². The molecule has 0 saturated heterocycles. The van der Waals surface area contributed by atoms with Crippen LogP contribution in [0.1, 0.15) is 48.0 Å². The van der Waals surface area contributed by atoms with E-state index in [2.05, 4.69) is 6.08 Å². The fourth-order valence-electron chi connectivity index (χ4n) is 1.16. The molecule has 0 spiro atoms. The second-order valence-corrected chi connectivity index (χ2v) is 12.1. The molecule has 3 N–H and O–H groups in total. The minimum atomic E-state index is -5.48. The molecule has 1 aliphatic rings. The van der Waals surface area contributed by atoms with Crippen LogP contribution in [0.2, 0.25) is 0 Å². The quantitative estimate of drug-likeness (QED) is 0.195. The molecule has 0 heterocycles. The molecule has 0 saturated carbocycles. The van der Waals surface area contributed by atoms with Crippen molar-refractivity contribution in [3.63, 3.8) is 0 Å². The van der Waals surface area contributed by atoms with Crippen molar-refractivity contribution in [1.29, 1.82) is 0 Å². The molecule has 11 heteroatoms. The van der Waals surface area contributed by atoms with Crippen LogP contribution in [-0.2, 0) is 26.2 Å².